The molecule has 2 nitrogen and oxygen atoms in total. The van der Waals surface area contributed by atoms with Gasteiger partial charge in [0, 0.05) is 11.1 Å². The maximum atomic E-state index is 6.32. The molecule has 1 unspecified atom stereocenters. The van der Waals surface area contributed by atoms with Gasteiger partial charge in [-0.1, -0.05) is 96.8 Å². The van der Waals surface area contributed by atoms with E-state index in [9.17, 15) is 0 Å². The van der Waals surface area contributed by atoms with E-state index in [4.69, 9.17) is 11.5 Å². The molecule has 0 aromatic carbocycles. The number of hydrogen-bond donors (Lipinski definition) is 2. The molecule has 0 bridgehead atoms. The Kier molecular flexibility index (Phi) is 13.2. The molecular formula is C21H46N2. The summed E-state index contributed by atoms with van der Waals surface area (Å²) in [7, 11) is 0. The van der Waals surface area contributed by atoms with Gasteiger partial charge in [0.05, 0.1) is 0 Å². The van der Waals surface area contributed by atoms with Crippen molar-refractivity contribution in [2.75, 3.05) is 0 Å². The number of rotatable bonds is 16. The topological polar surface area (TPSA) is 52.0 Å². The second-order valence-corrected chi connectivity index (χ2v) is 8.49. The Morgan fingerprint density at radius 2 is 0.826 bits per heavy atom. The van der Waals surface area contributed by atoms with Crippen LogP contribution in [0.1, 0.15) is 124 Å². The SMILES string of the molecule is CCCCCCCCCCCCCCCCC(C)(N)C(C)(C)N. The monoisotopic (exact) mass is 326 g/mol. The third-order valence-corrected chi connectivity index (χ3v) is 5.52. The Bertz CT molecular complexity index is 253. The first kappa shape index (κ1) is 22.9. The van der Waals surface area contributed by atoms with Crippen LogP contribution in [0.3, 0.4) is 0 Å². The molecule has 0 aliphatic rings. The van der Waals surface area contributed by atoms with Crippen LogP contribution < -0.4 is 11.5 Å². The normalized spacial score (nSPS) is 14.9. The summed E-state index contributed by atoms with van der Waals surface area (Å²) in [5.41, 5.74) is 11.9. The van der Waals surface area contributed by atoms with Crippen LogP contribution in [-0.2, 0) is 0 Å². The minimum absolute atomic E-state index is 0.246. The average molecular weight is 327 g/mol. The van der Waals surface area contributed by atoms with Crippen molar-refractivity contribution in [2.24, 2.45) is 11.5 Å². The van der Waals surface area contributed by atoms with Crippen molar-refractivity contribution in [3.05, 3.63) is 0 Å². The molecule has 1 atom stereocenters. The third kappa shape index (κ3) is 12.9. The molecule has 0 saturated carbocycles. The molecule has 4 N–H and O–H groups in total. The summed E-state index contributed by atoms with van der Waals surface area (Å²) in [6.07, 6.45) is 20.6. The molecule has 0 aromatic rings. The molecule has 0 amide bonds. The standard InChI is InChI=1S/C21H46N2/c1-5-6-7-8-9-10-11-12-13-14-15-16-17-18-19-21(4,23)20(2,3)22/h5-19,22-23H2,1-4H3. The molecule has 0 spiro atoms. The largest absolute Gasteiger partial charge is 0.324 e. The van der Waals surface area contributed by atoms with Gasteiger partial charge in [0.2, 0.25) is 0 Å². The van der Waals surface area contributed by atoms with Gasteiger partial charge in [-0.25, -0.2) is 0 Å². The van der Waals surface area contributed by atoms with E-state index in [-0.39, 0.29) is 11.1 Å². The lowest BCUT2D eigenvalue weighted by atomic mass is 9.79. The van der Waals surface area contributed by atoms with Crippen LogP contribution in [0.2, 0.25) is 0 Å². The Labute approximate surface area is 147 Å². The van der Waals surface area contributed by atoms with Gasteiger partial charge in [0.25, 0.3) is 0 Å². The van der Waals surface area contributed by atoms with E-state index in [0.29, 0.717) is 0 Å². The van der Waals surface area contributed by atoms with Gasteiger partial charge in [0.15, 0.2) is 0 Å². The molecule has 0 aliphatic carbocycles. The van der Waals surface area contributed by atoms with Crippen molar-refractivity contribution >= 4 is 0 Å². The van der Waals surface area contributed by atoms with E-state index < -0.39 is 0 Å². The molecule has 0 saturated heterocycles. The predicted molar refractivity (Wildman–Crippen MR) is 106 cm³/mol. The summed E-state index contributed by atoms with van der Waals surface area (Å²) in [6, 6.07) is 0. The average Bonchev–Trinajstić information content (AvgIpc) is 2.46. The zero-order valence-corrected chi connectivity index (χ0v) is 16.8. The summed E-state index contributed by atoms with van der Waals surface area (Å²) >= 11 is 0. The molecule has 0 rings (SSSR count). The minimum Gasteiger partial charge on any atom is -0.324 e. The molecule has 0 aliphatic heterocycles. The lowest BCUT2D eigenvalue weighted by Gasteiger charge is -2.38. The summed E-state index contributed by atoms with van der Waals surface area (Å²) in [5, 5.41) is 0. The summed E-state index contributed by atoms with van der Waals surface area (Å²) in [6.45, 7) is 8.45. The van der Waals surface area contributed by atoms with E-state index >= 15 is 0 Å². The second-order valence-electron chi connectivity index (χ2n) is 8.49. The fourth-order valence-electron chi connectivity index (χ4n) is 3.01. The first-order valence-electron chi connectivity index (χ1n) is 10.4. The van der Waals surface area contributed by atoms with E-state index in [2.05, 4.69) is 13.8 Å². The van der Waals surface area contributed by atoms with E-state index in [1.54, 1.807) is 0 Å². The highest BCUT2D eigenvalue weighted by Gasteiger charge is 2.33. The van der Waals surface area contributed by atoms with Crippen LogP contribution in [0, 0.1) is 0 Å². The molecule has 23 heavy (non-hydrogen) atoms. The lowest BCUT2D eigenvalue weighted by Crippen LogP contribution is -2.60. The van der Waals surface area contributed by atoms with Crippen molar-refractivity contribution < 1.29 is 0 Å². The lowest BCUT2D eigenvalue weighted by molar-refractivity contribution is 0.257. The van der Waals surface area contributed by atoms with Gasteiger partial charge < -0.3 is 11.5 Å². The van der Waals surface area contributed by atoms with E-state index in [1.807, 2.05) is 13.8 Å². The van der Waals surface area contributed by atoms with Crippen LogP contribution in [0.15, 0.2) is 0 Å². The quantitative estimate of drug-likeness (QED) is 0.326. The highest BCUT2D eigenvalue weighted by molar-refractivity contribution is 4.97. The molecule has 0 fully saturated rings. The summed E-state index contributed by atoms with van der Waals surface area (Å²) < 4.78 is 0. The van der Waals surface area contributed by atoms with Crippen molar-refractivity contribution in [3.8, 4) is 0 Å². The Morgan fingerprint density at radius 1 is 0.522 bits per heavy atom. The number of nitrogens with two attached hydrogens (primary N) is 2. The molecule has 0 heterocycles. The van der Waals surface area contributed by atoms with Crippen molar-refractivity contribution in [3.63, 3.8) is 0 Å². The predicted octanol–water partition coefficient (Wildman–Crippen LogP) is 6.31. The Hall–Kier alpha value is -0.0800. The fraction of sp³-hybridized carbons (Fsp3) is 1.00. The molecule has 140 valence electrons. The molecule has 2 heteroatoms. The highest BCUT2D eigenvalue weighted by atomic mass is 14.9. The van der Waals surface area contributed by atoms with Gasteiger partial charge in [-0.2, -0.15) is 0 Å². The zero-order valence-electron chi connectivity index (χ0n) is 16.8. The van der Waals surface area contributed by atoms with Gasteiger partial charge >= 0.3 is 0 Å². The summed E-state index contributed by atoms with van der Waals surface area (Å²) in [4.78, 5) is 0. The van der Waals surface area contributed by atoms with Crippen LogP contribution in [0.5, 0.6) is 0 Å². The van der Waals surface area contributed by atoms with E-state index in [1.165, 1.54) is 89.9 Å². The second kappa shape index (κ2) is 13.2. The van der Waals surface area contributed by atoms with Crippen LogP contribution in [0.4, 0.5) is 0 Å². The van der Waals surface area contributed by atoms with Gasteiger partial charge in [0.1, 0.15) is 0 Å². The van der Waals surface area contributed by atoms with E-state index in [0.717, 1.165) is 6.42 Å². The first-order valence-corrected chi connectivity index (χ1v) is 10.4. The van der Waals surface area contributed by atoms with Crippen LogP contribution in [0.25, 0.3) is 0 Å². The minimum atomic E-state index is -0.288. The third-order valence-electron chi connectivity index (χ3n) is 5.52. The molecular weight excluding hydrogens is 280 g/mol. The molecule has 0 aromatic heterocycles. The number of unbranched alkanes of at least 4 members (excludes halogenated alkanes) is 13. The zero-order chi connectivity index (χ0) is 17.6. The Morgan fingerprint density at radius 3 is 1.13 bits per heavy atom. The van der Waals surface area contributed by atoms with Gasteiger partial charge in [-0.05, 0) is 27.2 Å². The van der Waals surface area contributed by atoms with Gasteiger partial charge in [-0.3, -0.25) is 0 Å². The smallest absolute Gasteiger partial charge is 0.0302 e. The summed E-state index contributed by atoms with van der Waals surface area (Å²) in [5.74, 6) is 0. The Balaban J connectivity index is 3.25. The first-order chi connectivity index (χ1) is 10.8. The maximum absolute atomic E-state index is 6.32. The van der Waals surface area contributed by atoms with Crippen LogP contribution in [-0.4, -0.2) is 11.1 Å². The van der Waals surface area contributed by atoms with Gasteiger partial charge in [-0.15, -0.1) is 0 Å². The van der Waals surface area contributed by atoms with Crippen molar-refractivity contribution in [1.82, 2.24) is 0 Å². The molecule has 0 radical (unpaired) electrons. The maximum Gasteiger partial charge on any atom is 0.0302 e. The fourth-order valence-corrected chi connectivity index (χ4v) is 3.01. The highest BCUT2D eigenvalue weighted by Crippen LogP contribution is 2.23. The van der Waals surface area contributed by atoms with Crippen LogP contribution >= 0.6 is 0 Å². The van der Waals surface area contributed by atoms with Crippen molar-refractivity contribution in [1.29, 1.82) is 0 Å². The van der Waals surface area contributed by atoms with Crippen molar-refractivity contribution in [2.45, 2.75) is 135 Å². The number of hydrogen-bond acceptors (Lipinski definition) is 2.